The molecule has 1 N–H and O–H groups in total. The van der Waals surface area contributed by atoms with E-state index in [9.17, 15) is 27.2 Å². The first-order valence-corrected chi connectivity index (χ1v) is 9.34. The fraction of sp³-hybridized carbons (Fsp3) is 0.333. The van der Waals surface area contributed by atoms with Crippen LogP contribution < -0.4 is 10.1 Å². The average Bonchev–Trinajstić information content (AvgIpc) is 2.67. The fourth-order valence-electron chi connectivity index (χ4n) is 3.32. The highest BCUT2D eigenvalue weighted by molar-refractivity contribution is 5.83. The molecule has 1 aliphatic heterocycles. The topological polar surface area (TPSA) is 58.6 Å². The number of carbonyl (C=O) groups is 2. The Morgan fingerprint density at radius 2 is 1.87 bits per heavy atom. The normalized spacial score (nSPS) is 17.0. The summed E-state index contributed by atoms with van der Waals surface area (Å²) in [7, 11) is 0. The van der Waals surface area contributed by atoms with Gasteiger partial charge in [0.05, 0.1) is 5.92 Å². The molecule has 0 unspecified atom stereocenters. The first-order valence-electron chi connectivity index (χ1n) is 9.34. The number of likely N-dealkylation sites (tertiary alicyclic amines) is 1. The maximum Gasteiger partial charge on any atom is 0.573 e. The van der Waals surface area contributed by atoms with E-state index in [0.717, 1.165) is 0 Å². The number of amides is 2. The zero-order valence-electron chi connectivity index (χ0n) is 15.9. The third kappa shape index (κ3) is 6.20. The van der Waals surface area contributed by atoms with Gasteiger partial charge in [-0.25, -0.2) is 4.39 Å². The number of hydrogen-bond donors (Lipinski definition) is 1. The van der Waals surface area contributed by atoms with E-state index >= 15 is 0 Å². The number of ether oxygens (including phenoxy) is 1. The summed E-state index contributed by atoms with van der Waals surface area (Å²) in [5, 5.41) is 2.69. The Kier molecular flexibility index (Phi) is 6.59. The number of nitrogens with one attached hydrogen (secondary N) is 1. The molecule has 0 spiro atoms. The van der Waals surface area contributed by atoms with Gasteiger partial charge in [-0.05, 0) is 41.8 Å². The third-order valence-electron chi connectivity index (χ3n) is 4.73. The van der Waals surface area contributed by atoms with Gasteiger partial charge in [0.1, 0.15) is 11.6 Å². The summed E-state index contributed by atoms with van der Waals surface area (Å²) in [5.74, 6) is -1.62. The standard InChI is InChI=1S/C21H20F4N2O3/c22-17-5-1-4-15(9-17)12-27-13-16(7-8-19(27)28)20(29)26-11-14-3-2-6-18(10-14)30-21(23,24)25/h1-6,9-10,16H,7-8,11-13H2,(H,26,29)/t16-/m0/s1. The van der Waals surface area contributed by atoms with Crippen LogP contribution in [-0.4, -0.2) is 29.6 Å². The van der Waals surface area contributed by atoms with Crippen LogP contribution in [0.2, 0.25) is 0 Å². The molecule has 0 bridgehead atoms. The molecule has 3 rings (SSSR count). The molecule has 30 heavy (non-hydrogen) atoms. The lowest BCUT2D eigenvalue weighted by Gasteiger charge is -2.32. The van der Waals surface area contributed by atoms with Crippen molar-refractivity contribution in [1.82, 2.24) is 10.2 Å². The van der Waals surface area contributed by atoms with E-state index in [1.54, 1.807) is 18.2 Å². The summed E-state index contributed by atoms with van der Waals surface area (Å²) in [6.07, 6.45) is -4.22. The van der Waals surface area contributed by atoms with E-state index in [2.05, 4.69) is 10.1 Å². The van der Waals surface area contributed by atoms with Gasteiger partial charge in [-0.1, -0.05) is 24.3 Å². The van der Waals surface area contributed by atoms with Crippen LogP contribution >= 0.6 is 0 Å². The number of halogens is 4. The molecule has 1 atom stereocenters. The van der Waals surface area contributed by atoms with E-state index in [1.807, 2.05) is 0 Å². The second kappa shape index (κ2) is 9.15. The van der Waals surface area contributed by atoms with E-state index < -0.39 is 18.1 Å². The van der Waals surface area contributed by atoms with Gasteiger partial charge in [0.15, 0.2) is 0 Å². The van der Waals surface area contributed by atoms with Gasteiger partial charge in [-0.15, -0.1) is 13.2 Å². The van der Waals surface area contributed by atoms with E-state index in [-0.39, 0.29) is 43.6 Å². The molecule has 1 aliphatic rings. The Morgan fingerprint density at radius 1 is 1.13 bits per heavy atom. The van der Waals surface area contributed by atoms with Gasteiger partial charge in [0.2, 0.25) is 11.8 Å². The summed E-state index contributed by atoms with van der Waals surface area (Å²) in [4.78, 5) is 26.2. The number of rotatable bonds is 6. The maximum atomic E-state index is 13.4. The largest absolute Gasteiger partial charge is 0.573 e. The Labute approximate surface area is 170 Å². The summed E-state index contributed by atoms with van der Waals surface area (Å²) in [6, 6.07) is 11.3. The van der Waals surface area contributed by atoms with E-state index in [0.29, 0.717) is 17.5 Å². The highest BCUT2D eigenvalue weighted by Gasteiger charge is 2.32. The van der Waals surface area contributed by atoms with E-state index in [1.165, 1.54) is 35.2 Å². The lowest BCUT2D eigenvalue weighted by Crippen LogP contribution is -2.45. The SMILES string of the molecule is O=C(NCc1cccc(OC(F)(F)F)c1)[C@H]1CCC(=O)N(Cc2cccc(F)c2)C1. The lowest BCUT2D eigenvalue weighted by molar-refractivity contribution is -0.274. The van der Waals surface area contributed by atoms with Gasteiger partial charge >= 0.3 is 6.36 Å². The Balaban J connectivity index is 1.56. The minimum Gasteiger partial charge on any atom is -0.406 e. The molecule has 2 amide bonds. The quantitative estimate of drug-likeness (QED) is 0.719. The van der Waals surface area contributed by atoms with Crippen molar-refractivity contribution < 1.29 is 31.9 Å². The van der Waals surface area contributed by atoms with Crippen LogP contribution in [0.3, 0.4) is 0 Å². The summed E-state index contributed by atoms with van der Waals surface area (Å²) >= 11 is 0. The van der Waals surface area contributed by atoms with Gasteiger partial charge in [0.25, 0.3) is 0 Å². The fourth-order valence-corrected chi connectivity index (χ4v) is 3.32. The molecule has 9 heteroatoms. The molecular weight excluding hydrogens is 404 g/mol. The number of carbonyl (C=O) groups excluding carboxylic acids is 2. The van der Waals surface area contributed by atoms with E-state index in [4.69, 9.17) is 0 Å². The lowest BCUT2D eigenvalue weighted by atomic mass is 9.96. The van der Waals surface area contributed by atoms with Crippen LogP contribution in [0.5, 0.6) is 5.75 Å². The molecule has 1 heterocycles. The number of nitrogens with zero attached hydrogens (tertiary/aromatic N) is 1. The van der Waals surface area contributed by atoms with Crippen molar-refractivity contribution in [2.45, 2.75) is 32.3 Å². The van der Waals surface area contributed by atoms with Crippen LogP contribution in [0.25, 0.3) is 0 Å². The van der Waals surface area contributed by atoms with Gasteiger partial charge in [-0.2, -0.15) is 0 Å². The molecule has 0 saturated carbocycles. The molecule has 0 aliphatic carbocycles. The molecule has 5 nitrogen and oxygen atoms in total. The van der Waals surface area contributed by atoms with Crippen LogP contribution in [-0.2, 0) is 22.7 Å². The van der Waals surface area contributed by atoms with Crippen molar-refractivity contribution in [3.05, 3.63) is 65.5 Å². The predicted octanol–water partition coefficient (Wildman–Crippen LogP) is 3.78. The van der Waals surface area contributed by atoms with Crippen molar-refractivity contribution in [3.63, 3.8) is 0 Å². The predicted molar refractivity (Wildman–Crippen MR) is 99.5 cm³/mol. The van der Waals surface area contributed by atoms with Crippen LogP contribution in [0.4, 0.5) is 17.6 Å². The molecule has 0 radical (unpaired) electrons. The molecule has 1 fully saturated rings. The molecule has 0 aromatic heterocycles. The van der Waals surface area contributed by atoms with Gasteiger partial charge < -0.3 is 15.0 Å². The maximum absolute atomic E-state index is 13.4. The second-order valence-electron chi connectivity index (χ2n) is 7.05. The Bertz CT molecular complexity index is 917. The van der Waals surface area contributed by atoms with Gasteiger partial charge in [0, 0.05) is 26.1 Å². The molecule has 1 saturated heterocycles. The third-order valence-corrected chi connectivity index (χ3v) is 4.73. The van der Waals surface area contributed by atoms with Crippen molar-refractivity contribution in [3.8, 4) is 5.75 Å². The van der Waals surface area contributed by atoms with Crippen LogP contribution in [0.15, 0.2) is 48.5 Å². The molecule has 2 aromatic carbocycles. The Morgan fingerprint density at radius 3 is 2.60 bits per heavy atom. The van der Waals surface area contributed by atoms with Crippen molar-refractivity contribution in [1.29, 1.82) is 0 Å². The molecule has 160 valence electrons. The number of alkyl halides is 3. The summed E-state index contributed by atoms with van der Waals surface area (Å²) in [5.41, 5.74) is 1.08. The monoisotopic (exact) mass is 424 g/mol. The number of hydrogen-bond acceptors (Lipinski definition) is 3. The summed E-state index contributed by atoms with van der Waals surface area (Å²) < 4.78 is 54.2. The van der Waals surface area contributed by atoms with Crippen molar-refractivity contribution >= 4 is 11.8 Å². The molecular formula is C21H20F4N2O3. The summed E-state index contributed by atoms with van der Waals surface area (Å²) in [6.45, 7) is 0.428. The highest BCUT2D eigenvalue weighted by atomic mass is 19.4. The number of piperidine rings is 1. The minimum atomic E-state index is -4.79. The van der Waals surface area contributed by atoms with Crippen molar-refractivity contribution in [2.24, 2.45) is 5.92 Å². The Hall–Kier alpha value is -3.10. The first kappa shape index (κ1) is 21.6. The smallest absolute Gasteiger partial charge is 0.406 e. The first-order chi connectivity index (χ1) is 14.2. The van der Waals surface area contributed by atoms with Crippen LogP contribution in [0.1, 0.15) is 24.0 Å². The molecule has 2 aromatic rings. The highest BCUT2D eigenvalue weighted by Crippen LogP contribution is 2.24. The minimum absolute atomic E-state index is 0.0300. The average molecular weight is 424 g/mol. The van der Waals surface area contributed by atoms with Gasteiger partial charge in [-0.3, -0.25) is 9.59 Å². The zero-order valence-corrected chi connectivity index (χ0v) is 15.9. The zero-order chi connectivity index (χ0) is 21.7. The second-order valence-corrected chi connectivity index (χ2v) is 7.05. The van der Waals surface area contributed by atoms with Crippen LogP contribution in [0, 0.1) is 11.7 Å². The van der Waals surface area contributed by atoms with Crippen molar-refractivity contribution in [2.75, 3.05) is 6.54 Å². The number of benzene rings is 2.